The largest absolute Gasteiger partial charge is 0.485 e. The molecule has 0 aliphatic carbocycles. The minimum absolute atomic E-state index is 0.0202. The molecule has 9 aromatic rings. The molecule has 0 saturated carbocycles. The predicted octanol–water partition coefficient (Wildman–Crippen LogP) is 18.8. The summed E-state index contributed by atoms with van der Waals surface area (Å²) in [5.41, 5.74) is 18.4. The van der Waals surface area contributed by atoms with Crippen LogP contribution in [-0.4, -0.2) is 9.90 Å². The lowest BCUT2D eigenvalue weighted by atomic mass is 9.64. The molecule has 1 heterocycles. The van der Waals surface area contributed by atoms with Gasteiger partial charge in [0, 0.05) is 0 Å². The van der Waals surface area contributed by atoms with E-state index in [1.54, 1.807) is 0 Å². The first-order valence-corrected chi connectivity index (χ1v) is 29.8. The van der Waals surface area contributed by atoms with E-state index in [2.05, 4.69) is 325 Å². The Morgan fingerprint density at radius 2 is 0.488 bits per heavy atom. The highest BCUT2D eigenvalue weighted by molar-refractivity contribution is 5.63. The zero-order valence-electron chi connectivity index (χ0n) is 53.0. The second-order valence-electron chi connectivity index (χ2n) is 29.4. The maximum absolute atomic E-state index is 6.69. The normalized spacial score (nSPS) is 13.1. The summed E-state index contributed by atoms with van der Waals surface area (Å²) in [4.78, 5) is 0. The third kappa shape index (κ3) is 11.8. The summed E-state index contributed by atoms with van der Waals surface area (Å²) in [6.45, 7) is 41.5. The van der Waals surface area contributed by atoms with Crippen molar-refractivity contribution >= 4 is 0 Å². The standard InChI is InChI=1S/C78H92N3O/c1-71(2,3)54-20-32-60(33-21-54)77(61-34-22-55(23-35-61)72(4,5)6,62-36-24-56(25-37-62)73(7,8)9)66-44-48-68(49-45-66)81-52-69(80(19)79-81)53-82-70-50-46-67(47-51-70)78(63-38-26-57(27-39-63)74(10,11)12,64-40-28-58(29-41-64)75(13,14)15)65-42-30-59(31-43-65)76(16,17)18/h20-52H,53H2,1-19H3/q+1. The summed E-state index contributed by atoms with van der Waals surface area (Å²) in [5, 5.41) is 5.02. The number of aryl methyl sites for hydroxylation is 1. The van der Waals surface area contributed by atoms with E-state index in [-0.39, 0.29) is 32.5 Å². The Balaban J connectivity index is 1.07. The van der Waals surface area contributed by atoms with E-state index in [0.717, 1.165) is 17.1 Å². The van der Waals surface area contributed by atoms with Crippen molar-refractivity contribution in [2.24, 2.45) is 7.05 Å². The van der Waals surface area contributed by atoms with Crippen LogP contribution in [0.1, 0.15) is 208 Å². The lowest BCUT2D eigenvalue weighted by molar-refractivity contribution is -0.661. The molecular formula is C78H92N3O+. The van der Waals surface area contributed by atoms with E-state index < -0.39 is 10.8 Å². The van der Waals surface area contributed by atoms with Crippen molar-refractivity contribution in [3.63, 3.8) is 0 Å². The van der Waals surface area contributed by atoms with Gasteiger partial charge in [0.1, 0.15) is 12.8 Å². The first kappa shape index (κ1) is 59.3. The van der Waals surface area contributed by atoms with E-state index in [9.17, 15) is 0 Å². The van der Waals surface area contributed by atoms with Crippen molar-refractivity contribution in [1.29, 1.82) is 0 Å². The Morgan fingerprint density at radius 3 is 0.707 bits per heavy atom. The molecule has 424 valence electrons. The Kier molecular flexibility index (Phi) is 15.8. The predicted molar refractivity (Wildman–Crippen MR) is 344 cm³/mol. The third-order valence-electron chi connectivity index (χ3n) is 17.3. The average Bonchev–Trinajstić information content (AvgIpc) is 1.76. The van der Waals surface area contributed by atoms with Gasteiger partial charge in [0.05, 0.1) is 16.0 Å². The van der Waals surface area contributed by atoms with Gasteiger partial charge in [-0.2, -0.15) is 0 Å². The molecule has 0 fully saturated rings. The van der Waals surface area contributed by atoms with E-state index in [1.807, 2.05) is 16.4 Å². The van der Waals surface area contributed by atoms with Crippen LogP contribution in [0.5, 0.6) is 5.75 Å². The lowest BCUT2D eigenvalue weighted by Gasteiger charge is -2.38. The van der Waals surface area contributed by atoms with E-state index >= 15 is 0 Å². The Hall–Kier alpha value is -7.30. The van der Waals surface area contributed by atoms with Crippen molar-refractivity contribution in [3.05, 3.63) is 284 Å². The van der Waals surface area contributed by atoms with Gasteiger partial charge < -0.3 is 4.74 Å². The molecule has 0 spiro atoms. The quantitative estimate of drug-likeness (QED) is 0.0902. The minimum Gasteiger partial charge on any atom is -0.485 e. The van der Waals surface area contributed by atoms with Gasteiger partial charge in [0.15, 0.2) is 18.5 Å². The Bertz CT molecular complexity index is 3310. The first-order chi connectivity index (χ1) is 38.3. The smallest absolute Gasteiger partial charge is 0.205 e. The summed E-state index contributed by atoms with van der Waals surface area (Å²) in [5.74, 6) is 0.793. The SMILES string of the molecule is Cn1n[n+](-c2ccc(C(c3ccc(C(C)(C)C)cc3)(c3ccc(C(C)(C)C)cc3)c3ccc(C(C)(C)C)cc3)cc2)cc1COc1ccc(C(c2ccc(C(C)(C)C)cc2)(c2ccc(C(C)(C)C)cc2)c2ccc(C(C)(C)C)cc2)cc1. The molecule has 82 heavy (non-hydrogen) atoms. The fraction of sp³-hybridized carbons (Fsp3) is 0.359. The van der Waals surface area contributed by atoms with Gasteiger partial charge in [0.2, 0.25) is 5.69 Å². The number of ether oxygens (including phenoxy) is 1. The zero-order chi connectivity index (χ0) is 59.4. The molecule has 0 radical (unpaired) electrons. The summed E-state index contributed by atoms with van der Waals surface area (Å²) in [7, 11) is 2.00. The Morgan fingerprint density at radius 1 is 0.293 bits per heavy atom. The van der Waals surface area contributed by atoms with Crippen LogP contribution < -0.4 is 9.42 Å². The molecule has 0 unspecified atom stereocenters. The van der Waals surface area contributed by atoms with Crippen LogP contribution in [0.25, 0.3) is 5.69 Å². The van der Waals surface area contributed by atoms with Gasteiger partial charge in [-0.25, -0.2) is 0 Å². The summed E-state index contributed by atoms with van der Waals surface area (Å²) in [6.07, 6.45) is 2.09. The molecule has 0 aliphatic heterocycles. The van der Waals surface area contributed by atoms with Crippen molar-refractivity contribution in [3.8, 4) is 11.4 Å². The van der Waals surface area contributed by atoms with Gasteiger partial charge >= 0.3 is 0 Å². The zero-order valence-corrected chi connectivity index (χ0v) is 53.0. The van der Waals surface area contributed by atoms with Crippen LogP contribution in [0.2, 0.25) is 0 Å². The number of hydrogen-bond acceptors (Lipinski definition) is 2. The molecule has 1 aromatic heterocycles. The van der Waals surface area contributed by atoms with E-state index in [0.29, 0.717) is 6.61 Å². The molecule has 9 rings (SSSR count). The molecule has 4 heteroatoms. The highest BCUT2D eigenvalue weighted by atomic mass is 16.5. The van der Waals surface area contributed by atoms with Gasteiger partial charge in [-0.3, -0.25) is 0 Å². The highest BCUT2D eigenvalue weighted by Crippen LogP contribution is 2.49. The first-order valence-electron chi connectivity index (χ1n) is 29.8. The lowest BCUT2D eigenvalue weighted by Crippen LogP contribution is -2.34. The molecule has 0 saturated heterocycles. The number of benzene rings is 8. The van der Waals surface area contributed by atoms with Crippen LogP contribution in [-0.2, 0) is 57.0 Å². The number of rotatable bonds is 12. The van der Waals surface area contributed by atoms with Crippen molar-refractivity contribution in [1.82, 2.24) is 9.90 Å². The fourth-order valence-electron chi connectivity index (χ4n) is 11.9. The summed E-state index contributed by atoms with van der Waals surface area (Å²) >= 11 is 0. The minimum atomic E-state index is -0.616. The fourth-order valence-corrected chi connectivity index (χ4v) is 11.9. The van der Waals surface area contributed by atoms with Crippen LogP contribution in [0.15, 0.2) is 200 Å². The van der Waals surface area contributed by atoms with Crippen molar-refractivity contribution in [2.75, 3.05) is 0 Å². The van der Waals surface area contributed by atoms with E-state index in [1.165, 1.54) is 77.9 Å². The monoisotopic (exact) mass is 1090 g/mol. The highest BCUT2D eigenvalue weighted by Gasteiger charge is 2.41. The van der Waals surface area contributed by atoms with Crippen LogP contribution >= 0.6 is 0 Å². The topological polar surface area (TPSA) is 30.9 Å². The molecule has 4 nitrogen and oxygen atoms in total. The number of nitrogens with zero attached hydrogens (tertiary/aromatic N) is 3. The van der Waals surface area contributed by atoms with Gasteiger partial charge in [-0.1, -0.05) is 294 Å². The van der Waals surface area contributed by atoms with Crippen molar-refractivity contribution in [2.45, 2.75) is 175 Å². The maximum Gasteiger partial charge on any atom is 0.205 e. The van der Waals surface area contributed by atoms with Gasteiger partial charge in [-0.05, 0) is 135 Å². The summed E-state index contributed by atoms with van der Waals surface area (Å²) < 4.78 is 10.6. The Labute approximate surface area is 493 Å². The molecule has 0 aliphatic rings. The molecule has 8 aromatic carbocycles. The third-order valence-corrected chi connectivity index (χ3v) is 17.3. The second-order valence-corrected chi connectivity index (χ2v) is 29.4. The molecule has 0 bridgehead atoms. The van der Waals surface area contributed by atoms with Crippen molar-refractivity contribution < 1.29 is 9.42 Å². The van der Waals surface area contributed by atoms with Crippen LogP contribution in [0.4, 0.5) is 0 Å². The summed E-state index contributed by atoms with van der Waals surface area (Å²) in [6, 6.07) is 74.0. The molecule has 0 N–H and O–H groups in total. The van der Waals surface area contributed by atoms with Crippen LogP contribution in [0, 0.1) is 0 Å². The number of hydrogen-bond donors (Lipinski definition) is 0. The average molecular weight is 1090 g/mol. The second kappa shape index (κ2) is 21.8. The van der Waals surface area contributed by atoms with E-state index in [4.69, 9.17) is 9.95 Å². The maximum atomic E-state index is 6.69. The van der Waals surface area contributed by atoms with Gasteiger partial charge in [0.25, 0.3) is 0 Å². The molecular weight excluding hydrogens is 995 g/mol. The molecule has 0 atom stereocenters. The number of aromatic nitrogens is 3. The van der Waals surface area contributed by atoms with Gasteiger partial charge in [-0.15, -0.1) is 9.36 Å². The molecule has 0 amide bonds. The van der Waals surface area contributed by atoms with Crippen LogP contribution in [0.3, 0.4) is 0 Å².